The standard InChI is InChI=1S/C16H23NO7/c1-14(2)20-10-11-13(23-15(3,4)21-11)24-16(12(10)22-14)7-17-9(19)6-5-8(16)18/h10-13H,5-7H2,1-4H3,(H,17,19)/t10-,11-,12-,13-,16+/m1/s1. The molecule has 0 bridgehead atoms. The third kappa shape index (κ3) is 2.40. The van der Waals surface area contributed by atoms with Crippen molar-refractivity contribution in [3.63, 3.8) is 0 Å². The number of fused-ring (bicyclic) bond motifs is 4. The molecule has 4 rings (SSSR count). The van der Waals surface area contributed by atoms with Crippen LogP contribution in [0, 0.1) is 0 Å². The smallest absolute Gasteiger partial charge is 0.220 e. The third-order valence-corrected chi connectivity index (χ3v) is 4.93. The van der Waals surface area contributed by atoms with Crippen LogP contribution in [0.5, 0.6) is 0 Å². The minimum atomic E-state index is -1.32. The Morgan fingerprint density at radius 2 is 1.54 bits per heavy atom. The zero-order valence-electron chi connectivity index (χ0n) is 14.3. The SMILES string of the molecule is CC1(C)O[C@@H]2O[C@]3(CNC(=O)CCC3=O)[C@@H]3OC(C)(C)O[C@@H]3[C@H]2O1. The van der Waals surface area contributed by atoms with Crippen molar-refractivity contribution in [3.8, 4) is 0 Å². The Bertz CT molecular complexity index is 589. The van der Waals surface area contributed by atoms with E-state index in [1.54, 1.807) is 27.7 Å². The first kappa shape index (κ1) is 16.4. The molecule has 5 atom stereocenters. The minimum Gasteiger partial charge on any atom is -0.353 e. The van der Waals surface area contributed by atoms with Gasteiger partial charge in [-0.15, -0.1) is 0 Å². The van der Waals surface area contributed by atoms with Crippen molar-refractivity contribution in [2.75, 3.05) is 6.54 Å². The van der Waals surface area contributed by atoms with Gasteiger partial charge in [0.1, 0.15) is 18.3 Å². The monoisotopic (exact) mass is 341 g/mol. The van der Waals surface area contributed by atoms with E-state index in [1.165, 1.54) is 0 Å². The van der Waals surface area contributed by atoms with Gasteiger partial charge in [0.05, 0.1) is 6.54 Å². The van der Waals surface area contributed by atoms with Gasteiger partial charge in [0.15, 0.2) is 29.2 Å². The Morgan fingerprint density at radius 3 is 2.29 bits per heavy atom. The predicted octanol–water partition coefficient (Wildman–Crippen LogP) is 0.232. The highest BCUT2D eigenvalue weighted by Crippen LogP contribution is 2.48. The molecule has 8 heteroatoms. The fourth-order valence-electron chi connectivity index (χ4n) is 3.96. The zero-order chi connectivity index (χ0) is 17.3. The maximum atomic E-state index is 12.9. The van der Waals surface area contributed by atoms with Crippen molar-refractivity contribution in [2.45, 2.75) is 82.3 Å². The van der Waals surface area contributed by atoms with Gasteiger partial charge in [-0.2, -0.15) is 0 Å². The molecule has 24 heavy (non-hydrogen) atoms. The largest absolute Gasteiger partial charge is 0.353 e. The van der Waals surface area contributed by atoms with Crippen LogP contribution in [-0.2, 0) is 33.3 Å². The van der Waals surface area contributed by atoms with Crippen molar-refractivity contribution in [2.24, 2.45) is 0 Å². The van der Waals surface area contributed by atoms with Crippen LogP contribution in [0.25, 0.3) is 0 Å². The number of hydrogen-bond donors (Lipinski definition) is 1. The normalized spacial score (nSPS) is 46.3. The van der Waals surface area contributed by atoms with Crippen molar-refractivity contribution in [1.82, 2.24) is 5.32 Å². The van der Waals surface area contributed by atoms with Crippen LogP contribution < -0.4 is 5.32 Å². The topological polar surface area (TPSA) is 92.3 Å². The molecule has 1 N–H and O–H groups in total. The van der Waals surface area contributed by atoms with Crippen molar-refractivity contribution in [1.29, 1.82) is 0 Å². The van der Waals surface area contributed by atoms with E-state index in [2.05, 4.69) is 5.32 Å². The van der Waals surface area contributed by atoms with Crippen molar-refractivity contribution >= 4 is 11.7 Å². The summed E-state index contributed by atoms with van der Waals surface area (Å²) in [7, 11) is 0. The number of ether oxygens (including phenoxy) is 5. The molecule has 8 nitrogen and oxygen atoms in total. The quantitative estimate of drug-likeness (QED) is 0.674. The van der Waals surface area contributed by atoms with E-state index < -0.39 is 41.8 Å². The van der Waals surface area contributed by atoms with Gasteiger partial charge in [-0.05, 0) is 27.7 Å². The molecule has 1 spiro atoms. The van der Waals surface area contributed by atoms with E-state index in [9.17, 15) is 9.59 Å². The number of carbonyl (C=O) groups is 2. The second-order valence-corrected chi connectivity index (χ2v) is 7.70. The van der Waals surface area contributed by atoms with Crippen molar-refractivity contribution < 1.29 is 33.3 Å². The number of carbonyl (C=O) groups excluding carboxylic acids is 2. The predicted molar refractivity (Wildman–Crippen MR) is 78.7 cm³/mol. The highest BCUT2D eigenvalue weighted by Gasteiger charge is 2.68. The van der Waals surface area contributed by atoms with Gasteiger partial charge in [0.2, 0.25) is 5.91 Å². The fraction of sp³-hybridized carbons (Fsp3) is 0.875. The van der Waals surface area contributed by atoms with E-state index in [1.807, 2.05) is 0 Å². The van der Waals surface area contributed by atoms with Gasteiger partial charge < -0.3 is 29.0 Å². The van der Waals surface area contributed by atoms with E-state index >= 15 is 0 Å². The lowest BCUT2D eigenvalue weighted by atomic mass is 9.82. The second-order valence-electron chi connectivity index (χ2n) is 7.70. The summed E-state index contributed by atoms with van der Waals surface area (Å²) in [6.45, 7) is 7.18. The molecular formula is C16H23NO7. The molecule has 0 aromatic heterocycles. The summed E-state index contributed by atoms with van der Waals surface area (Å²) >= 11 is 0. The van der Waals surface area contributed by atoms with Gasteiger partial charge >= 0.3 is 0 Å². The molecule has 134 valence electrons. The first-order valence-corrected chi connectivity index (χ1v) is 8.31. The highest BCUT2D eigenvalue weighted by atomic mass is 16.9. The summed E-state index contributed by atoms with van der Waals surface area (Å²) < 4.78 is 29.9. The fourth-order valence-corrected chi connectivity index (χ4v) is 3.96. The lowest BCUT2D eigenvalue weighted by molar-refractivity contribution is -0.266. The van der Waals surface area contributed by atoms with Crippen LogP contribution in [0.3, 0.4) is 0 Å². The lowest BCUT2D eigenvalue weighted by Gasteiger charge is -2.45. The van der Waals surface area contributed by atoms with Gasteiger partial charge in [0.25, 0.3) is 0 Å². The molecule has 0 aromatic rings. The first-order chi connectivity index (χ1) is 11.1. The summed E-state index contributed by atoms with van der Waals surface area (Å²) in [5.41, 5.74) is -1.32. The molecular weight excluding hydrogens is 318 g/mol. The molecule has 4 aliphatic heterocycles. The number of nitrogens with one attached hydrogen (secondary N) is 1. The number of rotatable bonds is 0. The van der Waals surface area contributed by atoms with Crippen LogP contribution in [0.1, 0.15) is 40.5 Å². The summed E-state index contributed by atoms with van der Waals surface area (Å²) in [5.74, 6) is -2.08. The zero-order valence-corrected chi connectivity index (χ0v) is 14.3. The molecule has 0 radical (unpaired) electrons. The van der Waals surface area contributed by atoms with Crippen LogP contribution in [0.2, 0.25) is 0 Å². The summed E-state index contributed by atoms with van der Waals surface area (Å²) in [6.07, 6.45) is -2.19. The van der Waals surface area contributed by atoms with Crippen LogP contribution >= 0.6 is 0 Å². The van der Waals surface area contributed by atoms with E-state index in [0.717, 1.165) is 0 Å². The molecule has 4 fully saturated rings. The minimum absolute atomic E-state index is 0.0400. The molecule has 4 heterocycles. The Labute approximate surface area is 140 Å². The Kier molecular flexibility index (Phi) is 3.41. The number of ketones is 1. The summed E-state index contributed by atoms with van der Waals surface area (Å²) in [4.78, 5) is 24.6. The average molecular weight is 341 g/mol. The summed E-state index contributed by atoms with van der Waals surface area (Å²) in [6, 6.07) is 0. The summed E-state index contributed by atoms with van der Waals surface area (Å²) in [5, 5.41) is 2.76. The number of hydrogen-bond acceptors (Lipinski definition) is 7. The molecule has 4 aliphatic rings. The Morgan fingerprint density at radius 1 is 0.875 bits per heavy atom. The molecule has 0 aliphatic carbocycles. The van der Waals surface area contributed by atoms with Gasteiger partial charge in [-0.25, -0.2) is 0 Å². The van der Waals surface area contributed by atoms with E-state index in [0.29, 0.717) is 0 Å². The van der Waals surface area contributed by atoms with Gasteiger partial charge in [-0.1, -0.05) is 0 Å². The van der Waals surface area contributed by atoms with Crippen molar-refractivity contribution in [3.05, 3.63) is 0 Å². The maximum absolute atomic E-state index is 12.9. The third-order valence-electron chi connectivity index (χ3n) is 4.93. The lowest BCUT2D eigenvalue weighted by Crippen LogP contribution is -2.68. The Hall–Kier alpha value is -1.06. The first-order valence-electron chi connectivity index (χ1n) is 8.31. The molecule has 1 amide bonds. The molecule has 0 unspecified atom stereocenters. The average Bonchev–Trinajstić information content (AvgIpc) is 2.91. The molecule has 0 aromatic carbocycles. The highest BCUT2D eigenvalue weighted by molar-refractivity contribution is 5.94. The second kappa shape index (κ2) is 4.98. The van der Waals surface area contributed by atoms with Crippen LogP contribution in [0.4, 0.5) is 0 Å². The molecule has 0 saturated carbocycles. The van der Waals surface area contributed by atoms with Gasteiger partial charge in [0, 0.05) is 12.8 Å². The maximum Gasteiger partial charge on any atom is 0.220 e. The van der Waals surface area contributed by atoms with E-state index in [-0.39, 0.29) is 31.1 Å². The van der Waals surface area contributed by atoms with E-state index in [4.69, 9.17) is 23.7 Å². The van der Waals surface area contributed by atoms with Crippen LogP contribution in [0.15, 0.2) is 0 Å². The van der Waals surface area contributed by atoms with Crippen LogP contribution in [-0.4, -0.2) is 60.0 Å². The number of Topliss-reactive ketones (excluding diaryl/α,β-unsaturated/α-hetero) is 1. The number of amides is 1. The van der Waals surface area contributed by atoms with Gasteiger partial charge in [-0.3, -0.25) is 9.59 Å². The Balaban J connectivity index is 1.75. The molecule has 4 saturated heterocycles.